The summed E-state index contributed by atoms with van der Waals surface area (Å²) in [6.07, 6.45) is 0.871. The molecule has 1 aromatic carbocycles. The molecule has 1 N–H and O–H groups in total. The van der Waals surface area contributed by atoms with E-state index in [2.05, 4.69) is 45.1 Å². The summed E-state index contributed by atoms with van der Waals surface area (Å²) in [4.78, 5) is 9.17. The van der Waals surface area contributed by atoms with Crippen molar-refractivity contribution in [3.05, 3.63) is 34.4 Å². The van der Waals surface area contributed by atoms with E-state index in [1.807, 2.05) is 24.3 Å². The molecule has 0 fully saturated rings. The maximum atomic E-state index is 5.27. The minimum absolute atomic E-state index is 0.700. The molecule has 1 aromatic heterocycles. The van der Waals surface area contributed by atoms with Gasteiger partial charge in [0.25, 0.3) is 0 Å². The molecule has 0 bridgehead atoms. The molecule has 0 atom stereocenters. The number of benzene rings is 1. The van der Waals surface area contributed by atoms with Gasteiger partial charge in [0.2, 0.25) is 0 Å². The summed E-state index contributed by atoms with van der Waals surface area (Å²) >= 11 is 3.55. The molecule has 0 unspecified atom stereocenters. The summed E-state index contributed by atoms with van der Waals surface area (Å²) in [6, 6.07) is 7.78. The number of rotatable bonds is 5. The van der Waals surface area contributed by atoms with Crippen LogP contribution in [-0.2, 0) is 6.42 Å². The van der Waals surface area contributed by atoms with Crippen LogP contribution in [0, 0.1) is 0 Å². The minimum atomic E-state index is 0.700. The number of halogens is 1. The molecule has 20 heavy (non-hydrogen) atoms. The molecule has 0 amide bonds. The smallest absolute Gasteiger partial charge is 0.163 e. The van der Waals surface area contributed by atoms with Crippen LogP contribution < -0.4 is 10.1 Å². The highest BCUT2D eigenvalue weighted by Crippen LogP contribution is 2.30. The van der Waals surface area contributed by atoms with Gasteiger partial charge in [-0.05, 0) is 31.5 Å². The van der Waals surface area contributed by atoms with E-state index in [-0.39, 0.29) is 0 Å². The van der Waals surface area contributed by atoms with E-state index in [9.17, 15) is 0 Å². The van der Waals surface area contributed by atoms with Crippen LogP contribution in [-0.4, -0.2) is 23.6 Å². The molecule has 2 rings (SSSR count). The lowest BCUT2D eigenvalue weighted by Crippen LogP contribution is -2.04. The summed E-state index contributed by atoms with van der Waals surface area (Å²) < 4.78 is 6.23. The number of aryl methyl sites for hydroxylation is 1. The summed E-state index contributed by atoms with van der Waals surface area (Å²) in [5.74, 6) is 2.34. The molecule has 1 heterocycles. The van der Waals surface area contributed by atoms with Crippen molar-refractivity contribution in [1.82, 2.24) is 9.97 Å². The van der Waals surface area contributed by atoms with Crippen LogP contribution in [0.3, 0.4) is 0 Å². The third-order valence-corrected chi connectivity index (χ3v) is 3.61. The van der Waals surface area contributed by atoms with Gasteiger partial charge in [-0.3, -0.25) is 0 Å². The monoisotopic (exact) mass is 335 g/mol. The molecule has 0 saturated heterocycles. The lowest BCUT2D eigenvalue weighted by Gasteiger charge is -2.10. The van der Waals surface area contributed by atoms with Crippen LogP contribution in [0.2, 0.25) is 0 Å². The van der Waals surface area contributed by atoms with E-state index in [0.717, 1.165) is 40.3 Å². The second kappa shape index (κ2) is 6.70. The molecule has 106 valence electrons. The summed E-state index contributed by atoms with van der Waals surface area (Å²) in [5, 5.41) is 3.24. The lowest BCUT2D eigenvalue weighted by atomic mass is 10.2. The Morgan fingerprint density at radius 2 is 2.00 bits per heavy atom. The highest BCUT2D eigenvalue weighted by Gasteiger charge is 2.10. The Labute approximate surface area is 127 Å². The van der Waals surface area contributed by atoms with E-state index >= 15 is 0 Å². The number of ether oxygens (including phenoxy) is 1. The number of aromatic nitrogens is 2. The van der Waals surface area contributed by atoms with Gasteiger partial charge in [0.15, 0.2) is 5.82 Å². The van der Waals surface area contributed by atoms with Crippen LogP contribution in [0.25, 0.3) is 11.4 Å². The number of methoxy groups -OCH3 is 1. The zero-order valence-corrected chi connectivity index (χ0v) is 13.5. The molecular formula is C15H18BrN3O. The highest BCUT2D eigenvalue weighted by atomic mass is 79.9. The van der Waals surface area contributed by atoms with Crippen LogP contribution in [0.4, 0.5) is 5.82 Å². The first-order valence-electron chi connectivity index (χ1n) is 6.63. The predicted octanol–water partition coefficient (Wildman–Crippen LogP) is 3.91. The fourth-order valence-corrected chi connectivity index (χ4v) is 2.30. The van der Waals surface area contributed by atoms with Crippen molar-refractivity contribution in [2.45, 2.75) is 20.3 Å². The summed E-state index contributed by atoms with van der Waals surface area (Å²) in [7, 11) is 1.65. The van der Waals surface area contributed by atoms with Gasteiger partial charge in [-0.25, -0.2) is 9.97 Å². The maximum absolute atomic E-state index is 5.27. The maximum Gasteiger partial charge on any atom is 0.163 e. The lowest BCUT2D eigenvalue weighted by molar-refractivity contribution is 0.415. The topological polar surface area (TPSA) is 47.0 Å². The van der Waals surface area contributed by atoms with Gasteiger partial charge in [0.1, 0.15) is 11.6 Å². The molecule has 0 radical (unpaired) electrons. The van der Waals surface area contributed by atoms with Crippen molar-refractivity contribution < 1.29 is 4.74 Å². The standard InChI is InChI=1S/C15H18BrN3O/c1-4-10-8-14(17-5-2)19-15(18-10)12-9-11(20-3)6-7-13(12)16/h6-9H,4-5H2,1-3H3,(H,17,18,19). The molecule has 0 saturated carbocycles. The van der Waals surface area contributed by atoms with E-state index < -0.39 is 0 Å². The number of anilines is 1. The van der Waals surface area contributed by atoms with Gasteiger partial charge in [-0.2, -0.15) is 0 Å². The molecular weight excluding hydrogens is 318 g/mol. The third kappa shape index (κ3) is 3.28. The average Bonchev–Trinajstić information content (AvgIpc) is 2.47. The number of nitrogens with zero attached hydrogens (tertiary/aromatic N) is 2. The Hall–Kier alpha value is -1.62. The molecule has 0 aliphatic heterocycles. The van der Waals surface area contributed by atoms with Crippen molar-refractivity contribution in [2.24, 2.45) is 0 Å². The first-order chi connectivity index (χ1) is 9.67. The SMILES string of the molecule is CCNc1cc(CC)nc(-c2cc(OC)ccc2Br)n1. The second-order valence-corrected chi connectivity index (χ2v) is 5.15. The van der Waals surface area contributed by atoms with E-state index in [4.69, 9.17) is 4.74 Å². The Balaban J connectivity index is 2.53. The number of nitrogens with one attached hydrogen (secondary N) is 1. The number of hydrogen-bond acceptors (Lipinski definition) is 4. The molecule has 2 aromatic rings. The van der Waals surface area contributed by atoms with Crippen LogP contribution >= 0.6 is 15.9 Å². The van der Waals surface area contributed by atoms with E-state index in [1.165, 1.54) is 0 Å². The fourth-order valence-electron chi connectivity index (χ4n) is 1.87. The van der Waals surface area contributed by atoms with Gasteiger partial charge in [-0.1, -0.05) is 22.9 Å². The molecule has 4 nitrogen and oxygen atoms in total. The van der Waals surface area contributed by atoms with Gasteiger partial charge in [0, 0.05) is 28.3 Å². The first-order valence-corrected chi connectivity index (χ1v) is 7.43. The number of hydrogen-bond donors (Lipinski definition) is 1. The minimum Gasteiger partial charge on any atom is -0.497 e. The predicted molar refractivity (Wildman–Crippen MR) is 85.3 cm³/mol. The first kappa shape index (κ1) is 14.8. The van der Waals surface area contributed by atoms with Gasteiger partial charge in [0.05, 0.1) is 7.11 Å². The molecule has 0 aliphatic carbocycles. The van der Waals surface area contributed by atoms with Gasteiger partial charge < -0.3 is 10.1 Å². The molecule has 0 spiro atoms. The van der Waals surface area contributed by atoms with E-state index in [1.54, 1.807) is 7.11 Å². The van der Waals surface area contributed by atoms with Crippen molar-refractivity contribution in [2.75, 3.05) is 19.0 Å². The Kier molecular flexibility index (Phi) is 4.95. The van der Waals surface area contributed by atoms with Gasteiger partial charge in [-0.15, -0.1) is 0 Å². The fraction of sp³-hybridized carbons (Fsp3) is 0.333. The zero-order valence-electron chi connectivity index (χ0n) is 11.9. The molecule has 0 aliphatic rings. The Bertz CT molecular complexity index is 602. The van der Waals surface area contributed by atoms with Crippen LogP contribution in [0.15, 0.2) is 28.7 Å². The summed E-state index contributed by atoms with van der Waals surface area (Å²) in [5.41, 5.74) is 1.94. The van der Waals surface area contributed by atoms with Crippen molar-refractivity contribution in [3.63, 3.8) is 0 Å². The van der Waals surface area contributed by atoms with Gasteiger partial charge >= 0.3 is 0 Å². The van der Waals surface area contributed by atoms with Crippen molar-refractivity contribution in [3.8, 4) is 17.1 Å². The largest absolute Gasteiger partial charge is 0.497 e. The van der Waals surface area contributed by atoms with Crippen LogP contribution in [0.5, 0.6) is 5.75 Å². The van der Waals surface area contributed by atoms with E-state index in [0.29, 0.717) is 5.82 Å². The average molecular weight is 336 g/mol. The Morgan fingerprint density at radius 1 is 1.20 bits per heavy atom. The highest BCUT2D eigenvalue weighted by molar-refractivity contribution is 9.10. The zero-order chi connectivity index (χ0) is 14.5. The summed E-state index contributed by atoms with van der Waals surface area (Å²) in [6.45, 7) is 4.97. The quantitative estimate of drug-likeness (QED) is 0.899. The third-order valence-electron chi connectivity index (χ3n) is 2.91. The Morgan fingerprint density at radius 3 is 2.65 bits per heavy atom. The second-order valence-electron chi connectivity index (χ2n) is 4.30. The van der Waals surface area contributed by atoms with Crippen LogP contribution in [0.1, 0.15) is 19.5 Å². The van der Waals surface area contributed by atoms with Crippen molar-refractivity contribution >= 4 is 21.7 Å². The van der Waals surface area contributed by atoms with Crippen molar-refractivity contribution in [1.29, 1.82) is 0 Å². The molecule has 5 heteroatoms. The normalized spacial score (nSPS) is 10.4.